The van der Waals surface area contributed by atoms with Crippen LogP contribution >= 0.6 is 0 Å². The maximum absolute atomic E-state index is 12.8. The van der Waals surface area contributed by atoms with E-state index in [1.807, 2.05) is 24.0 Å². The minimum Gasteiger partial charge on any atom is -0.465 e. The Hall–Kier alpha value is -1.36. The van der Waals surface area contributed by atoms with Gasteiger partial charge in [0, 0.05) is 6.04 Å². The Kier molecular flexibility index (Phi) is 4.02. The molecule has 22 heavy (non-hydrogen) atoms. The van der Waals surface area contributed by atoms with E-state index in [0.29, 0.717) is 13.2 Å². The van der Waals surface area contributed by atoms with Gasteiger partial charge in [0.1, 0.15) is 11.5 Å². The van der Waals surface area contributed by atoms with Gasteiger partial charge in [-0.05, 0) is 19.8 Å². The molecule has 2 saturated heterocycles. The van der Waals surface area contributed by atoms with Crippen LogP contribution in [0.2, 0.25) is 0 Å². The predicted molar refractivity (Wildman–Crippen MR) is 81.1 cm³/mol. The van der Waals surface area contributed by atoms with Gasteiger partial charge in [-0.15, -0.1) is 0 Å². The number of fused-ring (bicyclic) bond motifs is 1. The zero-order chi connectivity index (χ0) is 15.9. The second kappa shape index (κ2) is 5.69. The summed E-state index contributed by atoms with van der Waals surface area (Å²) in [6.07, 6.45) is 6.33. The summed E-state index contributed by atoms with van der Waals surface area (Å²) in [5.74, 6) is -1.14. The van der Waals surface area contributed by atoms with E-state index in [2.05, 4.69) is 13.8 Å². The van der Waals surface area contributed by atoms with Gasteiger partial charge in [0.15, 0.2) is 0 Å². The Balaban J connectivity index is 1.79. The third-order valence-corrected chi connectivity index (χ3v) is 5.27. The molecule has 3 aliphatic rings. The molecule has 0 radical (unpaired) electrons. The molecule has 3 heterocycles. The maximum Gasteiger partial charge on any atom is 0.312 e. The number of likely N-dealkylation sites (tertiary alicyclic amines) is 1. The van der Waals surface area contributed by atoms with E-state index < -0.39 is 17.4 Å². The molecule has 0 saturated carbocycles. The third-order valence-electron chi connectivity index (χ3n) is 5.27. The minimum absolute atomic E-state index is 0.0404. The number of hydrogen-bond acceptors (Lipinski definition) is 4. The molecule has 0 aromatic heterocycles. The first-order valence-electron chi connectivity index (χ1n) is 8.38. The summed E-state index contributed by atoms with van der Waals surface area (Å²) < 4.78 is 11.4. The normalized spacial score (nSPS) is 36.8. The largest absolute Gasteiger partial charge is 0.465 e. The lowest BCUT2D eigenvalue weighted by atomic mass is 9.77. The van der Waals surface area contributed by atoms with Crippen LogP contribution in [0.25, 0.3) is 0 Å². The summed E-state index contributed by atoms with van der Waals surface area (Å²) in [5.41, 5.74) is -0.611. The fourth-order valence-corrected chi connectivity index (χ4v) is 3.80. The van der Waals surface area contributed by atoms with Crippen LogP contribution in [0.4, 0.5) is 0 Å². The summed E-state index contributed by atoms with van der Waals surface area (Å²) in [6, 6.07) is 0.167. The topological polar surface area (TPSA) is 55.8 Å². The molecule has 0 unspecified atom stereocenters. The van der Waals surface area contributed by atoms with Gasteiger partial charge in [-0.2, -0.15) is 0 Å². The molecule has 0 aromatic rings. The highest BCUT2D eigenvalue weighted by Gasteiger charge is 2.67. The first kappa shape index (κ1) is 15.5. The fourth-order valence-electron chi connectivity index (χ4n) is 3.80. The second-order valence-corrected chi connectivity index (χ2v) is 6.64. The van der Waals surface area contributed by atoms with Gasteiger partial charge in [0.25, 0.3) is 0 Å². The number of rotatable bonds is 6. The lowest BCUT2D eigenvalue weighted by Crippen LogP contribution is -2.41. The van der Waals surface area contributed by atoms with Crippen LogP contribution in [0.15, 0.2) is 12.2 Å². The number of carbonyl (C=O) groups excluding carboxylic acids is 2. The standard InChI is InChI=1S/C17H25NO4/c1-4-6-9-21-16(20)13-12-7-8-17(22-12)10-18(11(3)5-2)15(19)14(13)17/h7-8,11-14H,4-6,9-10H2,1-3H3/t11-,12+,13+,14+,17-/m0/s1. The summed E-state index contributed by atoms with van der Waals surface area (Å²) in [5, 5.41) is 0. The molecule has 122 valence electrons. The number of unbranched alkanes of at least 4 members (excludes halogenated alkanes) is 1. The summed E-state index contributed by atoms with van der Waals surface area (Å²) >= 11 is 0. The highest BCUT2D eigenvalue weighted by Crippen LogP contribution is 2.52. The molecule has 1 spiro atoms. The van der Waals surface area contributed by atoms with Crippen molar-refractivity contribution in [3.05, 3.63) is 12.2 Å². The van der Waals surface area contributed by atoms with Crippen LogP contribution in [0, 0.1) is 11.8 Å². The molecule has 2 bridgehead atoms. The Morgan fingerprint density at radius 2 is 2.32 bits per heavy atom. The third kappa shape index (κ3) is 2.18. The molecular formula is C17H25NO4. The SMILES string of the molecule is CCCCOC(=O)[C@@H]1[C@H]2C=C[C@@]3(CN([C@@H](C)CC)C(=O)[C@@H]13)O2. The average Bonchev–Trinajstić information content (AvgIpc) is 3.15. The number of hydrogen-bond donors (Lipinski definition) is 0. The Labute approximate surface area is 131 Å². The van der Waals surface area contributed by atoms with E-state index in [1.54, 1.807) is 0 Å². The predicted octanol–water partition coefficient (Wildman–Crippen LogP) is 1.91. The quantitative estimate of drug-likeness (QED) is 0.427. The highest BCUT2D eigenvalue weighted by molar-refractivity contribution is 5.91. The van der Waals surface area contributed by atoms with E-state index in [-0.39, 0.29) is 24.0 Å². The lowest BCUT2D eigenvalue weighted by molar-refractivity contribution is -0.154. The molecule has 5 heteroatoms. The molecular weight excluding hydrogens is 282 g/mol. The van der Waals surface area contributed by atoms with Crippen molar-refractivity contribution in [2.45, 2.75) is 57.8 Å². The maximum atomic E-state index is 12.8. The van der Waals surface area contributed by atoms with Crippen LogP contribution in [-0.2, 0) is 19.1 Å². The van der Waals surface area contributed by atoms with Crippen molar-refractivity contribution >= 4 is 11.9 Å². The van der Waals surface area contributed by atoms with Gasteiger partial charge < -0.3 is 14.4 Å². The van der Waals surface area contributed by atoms with Crippen LogP contribution in [-0.4, -0.2) is 47.7 Å². The van der Waals surface area contributed by atoms with Crippen molar-refractivity contribution in [2.75, 3.05) is 13.2 Å². The van der Waals surface area contributed by atoms with Crippen molar-refractivity contribution in [2.24, 2.45) is 11.8 Å². The van der Waals surface area contributed by atoms with Gasteiger partial charge in [0.05, 0.1) is 25.2 Å². The van der Waals surface area contributed by atoms with E-state index >= 15 is 0 Å². The highest BCUT2D eigenvalue weighted by atomic mass is 16.6. The monoisotopic (exact) mass is 307 g/mol. The number of ether oxygens (including phenoxy) is 2. The molecule has 0 N–H and O–H groups in total. The van der Waals surface area contributed by atoms with E-state index in [9.17, 15) is 9.59 Å². The smallest absolute Gasteiger partial charge is 0.312 e. The van der Waals surface area contributed by atoms with Gasteiger partial charge in [-0.3, -0.25) is 9.59 Å². The summed E-state index contributed by atoms with van der Waals surface area (Å²) in [7, 11) is 0. The summed E-state index contributed by atoms with van der Waals surface area (Å²) in [6.45, 7) is 7.13. The first-order valence-corrected chi connectivity index (χ1v) is 8.38. The number of amides is 1. The minimum atomic E-state index is -0.611. The number of nitrogens with zero attached hydrogens (tertiary/aromatic N) is 1. The van der Waals surface area contributed by atoms with Crippen molar-refractivity contribution in [1.82, 2.24) is 4.90 Å². The summed E-state index contributed by atoms with van der Waals surface area (Å²) in [4.78, 5) is 27.1. The van der Waals surface area contributed by atoms with Gasteiger partial charge in [-0.25, -0.2) is 0 Å². The molecule has 0 aromatic carbocycles. The second-order valence-electron chi connectivity index (χ2n) is 6.64. The molecule has 1 amide bonds. The Bertz CT molecular complexity index is 503. The Morgan fingerprint density at radius 3 is 3.00 bits per heavy atom. The van der Waals surface area contributed by atoms with Crippen LogP contribution in [0.1, 0.15) is 40.0 Å². The molecule has 5 nitrogen and oxygen atoms in total. The molecule has 2 fully saturated rings. The zero-order valence-electron chi connectivity index (χ0n) is 13.6. The van der Waals surface area contributed by atoms with Crippen LogP contribution < -0.4 is 0 Å². The Morgan fingerprint density at radius 1 is 1.55 bits per heavy atom. The number of carbonyl (C=O) groups is 2. The van der Waals surface area contributed by atoms with Crippen LogP contribution in [0.5, 0.6) is 0 Å². The van der Waals surface area contributed by atoms with Crippen molar-refractivity contribution in [1.29, 1.82) is 0 Å². The fraction of sp³-hybridized carbons (Fsp3) is 0.765. The van der Waals surface area contributed by atoms with Gasteiger partial charge >= 0.3 is 5.97 Å². The molecule has 5 atom stereocenters. The van der Waals surface area contributed by atoms with Crippen molar-refractivity contribution in [3.63, 3.8) is 0 Å². The van der Waals surface area contributed by atoms with E-state index in [1.165, 1.54) is 0 Å². The van der Waals surface area contributed by atoms with Gasteiger partial charge in [-0.1, -0.05) is 32.4 Å². The number of esters is 1. The van der Waals surface area contributed by atoms with Gasteiger partial charge in [0.2, 0.25) is 5.91 Å². The molecule has 0 aliphatic carbocycles. The molecule has 3 rings (SSSR count). The lowest BCUT2D eigenvalue weighted by Gasteiger charge is -2.26. The first-order chi connectivity index (χ1) is 10.5. The van der Waals surface area contributed by atoms with E-state index in [0.717, 1.165) is 19.3 Å². The van der Waals surface area contributed by atoms with Crippen LogP contribution in [0.3, 0.4) is 0 Å². The molecule has 3 aliphatic heterocycles. The average molecular weight is 307 g/mol. The van der Waals surface area contributed by atoms with Crippen molar-refractivity contribution in [3.8, 4) is 0 Å². The van der Waals surface area contributed by atoms with E-state index in [4.69, 9.17) is 9.47 Å². The van der Waals surface area contributed by atoms with Crippen molar-refractivity contribution < 1.29 is 19.1 Å². The zero-order valence-corrected chi connectivity index (χ0v) is 13.6.